The average molecular weight is 419 g/mol. The van der Waals surface area contributed by atoms with Gasteiger partial charge in [-0.3, -0.25) is 13.9 Å². The van der Waals surface area contributed by atoms with Crippen LogP contribution in [0.25, 0.3) is 0 Å². The second-order valence-electron chi connectivity index (χ2n) is 6.68. The maximum Gasteiger partial charge on any atom is 0.241 e. The van der Waals surface area contributed by atoms with Crippen LogP contribution in [0.15, 0.2) is 48.5 Å². The van der Waals surface area contributed by atoms with Crippen LogP contribution >= 0.6 is 0 Å². The molecule has 0 bridgehead atoms. The SMILES string of the molecule is CC[C@H](NC(=O)CN(c1cccc(C(C)=O)c1)S(C)(=O)=O)c1ccc(OC)cc1. The van der Waals surface area contributed by atoms with Gasteiger partial charge in [-0.25, -0.2) is 8.42 Å². The van der Waals surface area contributed by atoms with Crippen LogP contribution in [0.1, 0.15) is 42.2 Å². The van der Waals surface area contributed by atoms with Gasteiger partial charge in [-0.15, -0.1) is 0 Å². The summed E-state index contributed by atoms with van der Waals surface area (Å²) in [7, 11) is -2.15. The van der Waals surface area contributed by atoms with E-state index in [1.54, 1.807) is 37.4 Å². The summed E-state index contributed by atoms with van der Waals surface area (Å²) < 4.78 is 30.7. The second-order valence-corrected chi connectivity index (χ2v) is 8.58. The zero-order chi connectivity index (χ0) is 21.6. The third kappa shape index (κ3) is 6.05. The first-order chi connectivity index (χ1) is 13.7. The Morgan fingerprint density at radius 3 is 2.31 bits per heavy atom. The molecular formula is C21H26N2O5S. The molecule has 1 atom stereocenters. The number of hydrogen-bond acceptors (Lipinski definition) is 5. The summed E-state index contributed by atoms with van der Waals surface area (Å²) in [6.45, 7) is 2.95. The van der Waals surface area contributed by atoms with Crippen LogP contribution in [0.4, 0.5) is 5.69 Å². The molecule has 2 aromatic carbocycles. The summed E-state index contributed by atoms with van der Waals surface area (Å²) in [6, 6.07) is 13.3. The van der Waals surface area contributed by atoms with Crippen LogP contribution in [0.5, 0.6) is 5.75 Å². The lowest BCUT2D eigenvalue weighted by Crippen LogP contribution is -2.41. The molecular weight excluding hydrogens is 392 g/mol. The van der Waals surface area contributed by atoms with Crippen LogP contribution < -0.4 is 14.4 Å². The van der Waals surface area contributed by atoms with Gasteiger partial charge in [0.1, 0.15) is 12.3 Å². The molecule has 0 heterocycles. The first kappa shape index (κ1) is 22.4. The minimum atomic E-state index is -3.73. The van der Waals surface area contributed by atoms with Crippen molar-refractivity contribution in [2.45, 2.75) is 26.3 Å². The number of hydrogen-bond donors (Lipinski definition) is 1. The van der Waals surface area contributed by atoms with Gasteiger partial charge in [-0.2, -0.15) is 0 Å². The molecule has 2 rings (SSSR count). The van der Waals surface area contributed by atoms with E-state index in [9.17, 15) is 18.0 Å². The molecule has 0 saturated carbocycles. The third-order valence-electron chi connectivity index (χ3n) is 4.49. The number of sulfonamides is 1. The first-order valence-electron chi connectivity index (χ1n) is 9.17. The van der Waals surface area contributed by atoms with Gasteiger partial charge in [0.2, 0.25) is 15.9 Å². The standard InChI is InChI=1S/C21H26N2O5S/c1-5-20(16-9-11-19(28-3)12-10-16)22-21(25)14-23(29(4,26)27)18-8-6-7-17(13-18)15(2)24/h6-13,20H,5,14H2,1-4H3,(H,22,25)/t20-/m0/s1. The van der Waals surface area contributed by atoms with Crippen molar-refractivity contribution in [2.24, 2.45) is 0 Å². The fraction of sp³-hybridized carbons (Fsp3) is 0.333. The molecule has 0 radical (unpaired) electrons. The number of nitrogens with one attached hydrogen (secondary N) is 1. The number of rotatable bonds is 9. The van der Waals surface area contributed by atoms with Crippen molar-refractivity contribution in [1.82, 2.24) is 5.32 Å². The molecule has 0 saturated heterocycles. The molecule has 1 N–H and O–H groups in total. The number of ketones is 1. The van der Waals surface area contributed by atoms with Gasteiger partial charge in [0.05, 0.1) is 25.1 Å². The van der Waals surface area contributed by atoms with Crippen LogP contribution in [-0.4, -0.2) is 40.0 Å². The summed E-state index contributed by atoms with van der Waals surface area (Å²) in [5.74, 6) is 0.0881. The number of carbonyl (C=O) groups excluding carboxylic acids is 2. The topological polar surface area (TPSA) is 92.8 Å². The van der Waals surface area contributed by atoms with Crippen molar-refractivity contribution < 1.29 is 22.7 Å². The van der Waals surface area contributed by atoms with Crippen molar-refractivity contribution >= 4 is 27.4 Å². The highest BCUT2D eigenvalue weighted by Crippen LogP contribution is 2.22. The van der Waals surface area contributed by atoms with Crippen molar-refractivity contribution in [1.29, 1.82) is 0 Å². The van der Waals surface area contributed by atoms with E-state index in [0.29, 0.717) is 17.7 Å². The number of methoxy groups -OCH3 is 1. The van der Waals surface area contributed by atoms with Crippen LogP contribution in [0.2, 0.25) is 0 Å². The number of benzene rings is 2. The average Bonchev–Trinajstić information content (AvgIpc) is 2.69. The highest BCUT2D eigenvalue weighted by atomic mass is 32.2. The zero-order valence-corrected chi connectivity index (χ0v) is 17.8. The van der Waals surface area contributed by atoms with Crippen LogP contribution in [0.3, 0.4) is 0 Å². The minimum absolute atomic E-state index is 0.185. The van der Waals surface area contributed by atoms with E-state index in [0.717, 1.165) is 16.1 Å². The van der Waals surface area contributed by atoms with Gasteiger partial charge >= 0.3 is 0 Å². The molecule has 0 aliphatic heterocycles. The first-order valence-corrected chi connectivity index (χ1v) is 11.0. The third-order valence-corrected chi connectivity index (χ3v) is 5.63. The van der Waals surface area contributed by atoms with Crippen LogP contribution in [-0.2, 0) is 14.8 Å². The minimum Gasteiger partial charge on any atom is -0.497 e. The van der Waals surface area contributed by atoms with Gasteiger partial charge in [-0.1, -0.05) is 31.2 Å². The summed E-state index contributed by atoms with van der Waals surface area (Å²) in [4.78, 5) is 24.3. The Morgan fingerprint density at radius 1 is 1.14 bits per heavy atom. The largest absolute Gasteiger partial charge is 0.497 e. The fourth-order valence-electron chi connectivity index (χ4n) is 2.91. The van der Waals surface area contributed by atoms with Gasteiger partial charge in [0.25, 0.3) is 0 Å². The normalized spacial score (nSPS) is 12.1. The highest BCUT2D eigenvalue weighted by Gasteiger charge is 2.23. The molecule has 29 heavy (non-hydrogen) atoms. The van der Waals surface area contributed by atoms with E-state index in [-0.39, 0.29) is 24.1 Å². The van der Waals surface area contributed by atoms with E-state index in [1.807, 2.05) is 19.1 Å². The van der Waals surface area contributed by atoms with Crippen molar-refractivity contribution in [3.05, 3.63) is 59.7 Å². The number of amides is 1. The molecule has 1 amide bonds. The summed E-state index contributed by atoms with van der Waals surface area (Å²) >= 11 is 0. The molecule has 0 aliphatic carbocycles. The van der Waals surface area contributed by atoms with E-state index >= 15 is 0 Å². The Labute approximate surface area is 171 Å². The van der Waals surface area contributed by atoms with Crippen molar-refractivity contribution in [2.75, 3.05) is 24.2 Å². The molecule has 156 valence electrons. The van der Waals surface area contributed by atoms with Crippen LogP contribution in [0, 0.1) is 0 Å². The van der Waals surface area contributed by atoms with Gasteiger partial charge in [-0.05, 0) is 43.2 Å². The van der Waals surface area contributed by atoms with E-state index in [1.165, 1.54) is 13.0 Å². The molecule has 0 spiro atoms. The highest BCUT2D eigenvalue weighted by molar-refractivity contribution is 7.92. The molecule has 0 aliphatic rings. The smallest absolute Gasteiger partial charge is 0.241 e. The van der Waals surface area contributed by atoms with E-state index in [2.05, 4.69) is 5.32 Å². The fourth-order valence-corrected chi connectivity index (χ4v) is 3.76. The number of carbonyl (C=O) groups is 2. The van der Waals surface area contributed by atoms with E-state index < -0.39 is 15.9 Å². The predicted molar refractivity (Wildman–Crippen MR) is 113 cm³/mol. The maximum atomic E-state index is 12.6. The summed E-state index contributed by atoms with van der Waals surface area (Å²) in [6.07, 6.45) is 1.66. The monoisotopic (exact) mass is 418 g/mol. The number of ether oxygens (including phenoxy) is 1. The van der Waals surface area contributed by atoms with E-state index in [4.69, 9.17) is 4.74 Å². The zero-order valence-electron chi connectivity index (χ0n) is 17.0. The lowest BCUT2D eigenvalue weighted by atomic mass is 10.0. The summed E-state index contributed by atoms with van der Waals surface area (Å²) in [5, 5.41) is 2.88. The number of anilines is 1. The van der Waals surface area contributed by atoms with Gasteiger partial charge in [0, 0.05) is 5.56 Å². The lowest BCUT2D eigenvalue weighted by molar-refractivity contribution is -0.120. The molecule has 2 aromatic rings. The molecule has 0 fully saturated rings. The Kier molecular flexibility index (Phi) is 7.39. The second kappa shape index (κ2) is 9.56. The van der Waals surface area contributed by atoms with Gasteiger partial charge in [0.15, 0.2) is 5.78 Å². The number of nitrogens with zero attached hydrogens (tertiary/aromatic N) is 1. The van der Waals surface area contributed by atoms with Gasteiger partial charge < -0.3 is 10.1 Å². The molecule has 0 unspecified atom stereocenters. The maximum absolute atomic E-state index is 12.6. The van der Waals surface area contributed by atoms with Crippen molar-refractivity contribution in [3.63, 3.8) is 0 Å². The molecule has 8 heteroatoms. The van der Waals surface area contributed by atoms with Crippen molar-refractivity contribution in [3.8, 4) is 5.75 Å². The Morgan fingerprint density at radius 2 is 1.79 bits per heavy atom. The lowest BCUT2D eigenvalue weighted by Gasteiger charge is -2.24. The Bertz CT molecular complexity index is 971. The predicted octanol–water partition coefficient (Wildman–Crippen LogP) is 2.93. The summed E-state index contributed by atoms with van der Waals surface area (Å²) in [5.41, 5.74) is 1.54. The Hall–Kier alpha value is -2.87. The molecule has 7 nitrogen and oxygen atoms in total. The Balaban J connectivity index is 2.21. The molecule has 0 aromatic heterocycles. The number of Topliss-reactive ketones (excluding diaryl/α,β-unsaturated/α-hetero) is 1. The quantitative estimate of drug-likeness (QED) is 0.632.